The third-order valence-electron chi connectivity index (χ3n) is 6.87. The highest BCUT2D eigenvalue weighted by Crippen LogP contribution is 2.31. The molecular weight excluding hydrogens is 544 g/mol. The Hall–Kier alpha value is -5.02. The van der Waals surface area contributed by atoms with E-state index in [1.165, 1.54) is 16.8 Å². The minimum atomic E-state index is -0.689. The SMILES string of the molecule is COc1ccc2nccc(Oc3ccc(NC(=O)c4cc5c(n(-c6ccccc6Cl)c4=O)CCCC5=O)nc3)c2c1. The van der Waals surface area contributed by atoms with Gasteiger partial charge < -0.3 is 14.8 Å². The van der Waals surface area contributed by atoms with Crippen LogP contribution in [0.4, 0.5) is 5.82 Å². The summed E-state index contributed by atoms with van der Waals surface area (Å²) in [6, 6.07) is 18.7. The van der Waals surface area contributed by atoms with E-state index in [4.69, 9.17) is 21.1 Å². The molecule has 1 N–H and O–H groups in total. The van der Waals surface area contributed by atoms with Crippen molar-refractivity contribution in [3.8, 4) is 22.9 Å². The van der Waals surface area contributed by atoms with Crippen LogP contribution in [0.2, 0.25) is 5.02 Å². The molecule has 3 heterocycles. The molecule has 2 aromatic carbocycles. The van der Waals surface area contributed by atoms with Crippen molar-refractivity contribution in [2.75, 3.05) is 12.4 Å². The van der Waals surface area contributed by atoms with E-state index in [0.717, 1.165) is 10.9 Å². The first-order chi connectivity index (χ1) is 19.9. The number of para-hydroxylation sites is 1. The van der Waals surface area contributed by atoms with Gasteiger partial charge in [0, 0.05) is 29.3 Å². The normalized spacial score (nSPS) is 12.6. The van der Waals surface area contributed by atoms with E-state index in [1.54, 1.807) is 55.8 Å². The monoisotopic (exact) mass is 566 g/mol. The predicted octanol–water partition coefficient (Wildman–Crippen LogP) is 6.01. The van der Waals surface area contributed by atoms with Crippen LogP contribution < -0.4 is 20.3 Å². The maximum absolute atomic E-state index is 13.6. The lowest BCUT2D eigenvalue weighted by Gasteiger charge is -2.22. The molecule has 204 valence electrons. The molecule has 0 radical (unpaired) electrons. The van der Waals surface area contributed by atoms with Crippen molar-refractivity contribution in [3.63, 3.8) is 0 Å². The number of carbonyl (C=O) groups is 2. The maximum atomic E-state index is 13.6. The number of aromatic nitrogens is 3. The molecule has 10 heteroatoms. The van der Waals surface area contributed by atoms with Gasteiger partial charge in [0.15, 0.2) is 5.78 Å². The summed E-state index contributed by atoms with van der Waals surface area (Å²) in [6.45, 7) is 0. The van der Waals surface area contributed by atoms with Crippen LogP contribution in [0.3, 0.4) is 0 Å². The smallest absolute Gasteiger partial charge is 0.268 e. The lowest BCUT2D eigenvalue weighted by Crippen LogP contribution is -2.33. The third kappa shape index (κ3) is 5.03. The molecule has 41 heavy (non-hydrogen) atoms. The van der Waals surface area contributed by atoms with Gasteiger partial charge in [-0.2, -0.15) is 0 Å². The number of hydrogen-bond donors (Lipinski definition) is 1. The van der Waals surface area contributed by atoms with Gasteiger partial charge in [0.1, 0.15) is 28.6 Å². The molecule has 5 aromatic rings. The van der Waals surface area contributed by atoms with Gasteiger partial charge in [0.25, 0.3) is 11.5 Å². The van der Waals surface area contributed by atoms with Crippen molar-refractivity contribution >= 4 is 40.0 Å². The first kappa shape index (κ1) is 26.2. The minimum Gasteiger partial charge on any atom is -0.497 e. The number of carbonyl (C=O) groups excluding carboxylic acids is 2. The number of halogens is 1. The Labute approximate surface area is 239 Å². The number of hydrogen-bond acceptors (Lipinski definition) is 7. The maximum Gasteiger partial charge on any atom is 0.268 e. The van der Waals surface area contributed by atoms with Gasteiger partial charge in [-0.25, -0.2) is 4.98 Å². The standard InChI is InChI=1S/C31H23ClN4O5/c1-40-18-9-11-24-20(15-18)28(13-14-33-24)41-19-10-12-29(34-17-19)35-30(38)22-16-21-25(7-4-8-27(21)37)36(31(22)39)26-6-3-2-5-23(26)32/h2-3,5-6,9-17H,4,7-8H2,1H3,(H,34,35,38). The molecular formula is C31H23ClN4O5. The molecule has 9 nitrogen and oxygen atoms in total. The van der Waals surface area contributed by atoms with Crippen molar-refractivity contribution in [2.24, 2.45) is 0 Å². The van der Waals surface area contributed by atoms with Crippen LogP contribution in [0.5, 0.6) is 17.2 Å². The van der Waals surface area contributed by atoms with E-state index < -0.39 is 11.5 Å². The van der Waals surface area contributed by atoms with Gasteiger partial charge in [-0.1, -0.05) is 23.7 Å². The summed E-state index contributed by atoms with van der Waals surface area (Å²) in [5, 5.41) is 3.76. The topological polar surface area (TPSA) is 112 Å². The highest BCUT2D eigenvalue weighted by atomic mass is 35.5. The number of methoxy groups -OCH3 is 1. The lowest BCUT2D eigenvalue weighted by molar-refractivity contribution is 0.0971. The van der Waals surface area contributed by atoms with Gasteiger partial charge in [-0.15, -0.1) is 0 Å². The van der Waals surface area contributed by atoms with Crippen LogP contribution in [-0.2, 0) is 6.42 Å². The van der Waals surface area contributed by atoms with E-state index in [1.807, 2.05) is 18.2 Å². The van der Waals surface area contributed by atoms with Gasteiger partial charge in [-0.05, 0) is 67.4 Å². The van der Waals surface area contributed by atoms with Gasteiger partial charge in [0.05, 0.1) is 29.5 Å². The summed E-state index contributed by atoms with van der Waals surface area (Å²) in [7, 11) is 1.59. The van der Waals surface area contributed by atoms with Crippen LogP contribution in [0, 0.1) is 0 Å². The molecule has 1 aliphatic carbocycles. The van der Waals surface area contributed by atoms with Crippen molar-refractivity contribution in [2.45, 2.75) is 19.3 Å². The fraction of sp³-hybridized carbons (Fsp3) is 0.129. The molecule has 0 atom stereocenters. The summed E-state index contributed by atoms with van der Waals surface area (Å²) >= 11 is 6.41. The van der Waals surface area contributed by atoms with E-state index >= 15 is 0 Å². The second-order valence-electron chi connectivity index (χ2n) is 9.41. The second kappa shape index (κ2) is 10.9. The van der Waals surface area contributed by atoms with Gasteiger partial charge in [0.2, 0.25) is 0 Å². The molecule has 0 saturated heterocycles. The number of nitrogens with zero attached hydrogens (tertiary/aromatic N) is 3. The predicted molar refractivity (Wildman–Crippen MR) is 155 cm³/mol. The van der Waals surface area contributed by atoms with Crippen molar-refractivity contribution in [1.29, 1.82) is 0 Å². The average molecular weight is 567 g/mol. The Morgan fingerprint density at radius 3 is 2.59 bits per heavy atom. The lowest BCUT2D eigenvalue weighted by atomic mass is 9.92. The van der Waals surface area contributed by atoms with Crippen molar-refractivity contribution in [3.05, 3.63) is 111 Å². The quantitative estimate of drug-likeness (QED) is 0.268. The van der Waals surface area contributed by atoms with E-state index in [2.05, 4.69) is 15.3 Å². The Morgan fingerprint density at radius 2 is 1.80 bits per heavy atom. The second-order valence-corrected chi connectivity index (χ2v) is 9.82. The molecule has 0 unspecified atom stereocenters. The number of ketones is 1. The number of Topliss-reactive ketones (excluding diaryl/α,β-unsaturated/α-hetero) is 1. The van der Waals surface area contributed by atoms with Crippen molar-refractivity contribution < 1.29 is 19.1 Å². The molecule has 0 fully saturated rings. The Kier molecular flexibility index (Phi) is 6.94. The minimum absolute atomic E-state index is 0.123. The van der Waals surface area contributed by atoms with Crippen LogP contribution in [0.1, 0.15) is 39.3 Å². The first-order valence-corrected chi connectivity index (χ1v) is 13.3. The van der Waals surface area contributed by atoms with E-state index in [-0.39, 0.29) is 17.2 Å². The number of benzene rings is 2. The Balaban J connectivity index is 1.29. The molecule has 0 saturated carbocycles. The number of fused-ring (bicyclic) bond motifs is 2. The summed E-state index contributed by atoms with van der Waals surface area (Å²) in [6.07, 6.45) is 4.58. The Morgan fingerprint density at radius 1 is 0.976 bits per heavy atom. The molecule has 6 rings (SSSR count). The molecule has 0 aliphatic heterocycles. The fourth-order valence-corrected chi connectivity index (χ4v) is 5.10. The zero-order chi connectivity index (χ0) is 28.5. The van der Waals surface area contributed by atoms with Crippen molar-refractivity contribution in [1.82, 2.24) is 14.5 Å². The summed E-state index contributed by atoms with van der Waals surface area (Å²) < 4.78 is 12.7. The molecule has 3 aromatic heterocycles. The van der Waals surface area contributed by atoms with E-state index in [9.17, 15) is 14.4 Å². The van der Waals surface area contributed by atoms with Crippen LogP contribution in [0.25, 0.3) is 16.6 Å². The fourth-order valence-electron chi connectivity index (χ4n) is 4.88. The average Bonchev–Trinajstić information content (AvgIpc) is 2.98. The summed E-state index contributed by atoms with van der Waals surface area (Å²) in [5.74, 6) is 1.05. The molecule has 0 bridgehead atoms. The highest BCUT2D eigenvalue weighted by molar-refractivity contribution is 6.32. The Bertz CT molecular complexity index is 1890. The number of rotatable bonds is 6. The largest absolute Gasteiger partial charge is 0.497 e. The molecule has 1 amide bonds. The number of amides is 1. The van der Waals surface area contributed by atoms with Gasteiger partial charge >= 0.3 is 0 Å². The van der Waals surface area contributed by atoms with Crippen LogP contribution in [-0.4, -0.2) is 33.3 Å². The van der Waals surface area contributed by atoms with Crippen LogP contribution >= 0.6 is 11.6 Å². The zero-order valence-electron chi connectivity index (χ0n) is 21.9. The molecule has 0 spiro atoms. The number of nitrogens with one attached hydrogen (secondary N) is 1. The highest BCUT2D eigenvalue weighted by Gasteiger charge is 2.27. The van der Waals surface area contributed by atoms with Gasteiger partial charge in [-0.3, -0.25) is 23.9 Å². The summed E-state index contributed by atoms with van der Waals surface area (Å²) in [5.41, 5.74) is 1.31. The number of anilines is 1. The summed E-state index contributed by atoms with van der Waals surface area (Å²) in [4.78, 5) is 48.4. The number of pyridine rings is 3. The molecule has 1 aliphatic rings. The zero-order valence-corrected chi connectivity index (χ0v) is 22.6. The third-order valence-corrected chi connectivity index (χ3v) is 7.19. The van der Waals surface area contributed by atoms with E-state index in [0.29, 0.717) is 58.5 Å². The first-order valence-electron chi connectivity index (χ1n) is 12.9. The van der Waals surface area contributed by atoms with Crippen LogP contribution in [0.15, 0.2) is 83.9 Å². The number of ether oxygens (including phenoxy) is 2.